The van der Waals surface area contributed by atoms with E-state index in [1.54, 1.807) is 48.7 Å². The quantitative estimate of drug-likeness (QED) is 0.655. The monoisotopic (exact) mass is 375 g/mol. The summed E-state index contributed by atoms with van der Waals surface area (Å²) >= 11 is 0. The van der Waals surface area contributed by atoms with Gasteiger partial charge >= 0.3 is 0 Å². The summed E-state index contributed by atoms with van der Waals surface area (Å²) in [6.07, 6.45) is 1.57. The molecule has 1 aromatic heterocycles. The summed E-state index contributed by atoms with van der Waals surface area (Å²) in [6, 6.07) is 15.7. The van der Waals surface area contributed by atoms with Gasteiger partial charge in [0.1, 0.15) is 5.82 Å². The molecule has 2 aromatic carbocycles. The first-order valence-corrected chi connectivity index (χ1v) is 8.63. The van der Waals surface area contributed by atoms with Crippen LogP contribution >= 0.6 is 0 Å². The number of ketones is 1. The topological polar surface area (TPSA) is 89.6 Å². The number of rotatable bonds is 5. The first-order chi connectivity index (χ1) is 13.6. The van der Waals surface area contributed by atoms with Gasteiger partial charge in [0.05, 0.1) is 11.9 Å². The van der Waals surface area contributed by atoms with Crippen molar-refractivity contribution in [3.05, 3.63) is 71.9 Å². The van der Waals surface area contributed by atoms with Crippen molar-refractivity contribution in [3.8, 4) is 11.5 Å². The van der Waals surface area contributed by atoms with E-state index in [2.05, 4.69) is 15.6 Å². The lowest BCUT2D eigenvalue weighted by Crippen LogP contribution is -2.12. The van der Waals surface area contributed by atoms with Crippen molar-refractivity contribution in [1.82, 2.24) is 4.98 Å². The first-order valence-electron chi connectivity index (χ1n) is 8.63. The van der Waals surface area contributed by atoms with Crippen LogP contribution in [0.3, 0.4) is 0 Å². The number of fused-ring (bicyclic) bond motifs is 1. The van der Waals surface area contributed by atoms with Gasteiger partial charge in [0.2, 0.25) is 6.79 Å². The molecule has 0 fully saturated rings. The Bertz CT molecular complexity index is 1030. The standard InChI is InChI=1S/C21H17N3O4/c1-13(25)14-2-5-16(6-3-14)23-20-9-7-17(11-22-20)24-21(26)15-4-8-18-19(10-15)28-12-27-18/h2-11H,12H2,1H3,(H,22,23)(H,24,26). The van der Waals surface area contributed by atoms with Gasteiger partial charge in [-0.2, -0.15) is 0 Å². The zero-order valence-electron chi connectivity index (χ0n) is 15.1. The minimum absolute atomic E-state index is 0.0206. The van der Waals surface area contributed by atoms with Crippen LogP contribution in [0.2, 0.25) is 0 Å². The molecule has 0 unspecified atom stereocenters. The third-order valence-electron chi connectivity index (χ3n) is 4.22. The molecule has 7 heteroatoms. The summed E-state index contributed by atoms with van der Waals surface area (Å²) in [5, 5.41) is 5.94. The lowest BCUT2D eigenvalue weighted by molar-refractivity contribution is 0.101. The minimum atomic E-state index is -0.263. The van der Waals surface area contributed by atoms with Gasteiger partial charge in [-0.1, -0.05) is 0 Å². The number of ether oxygens (including phenoxy) is 2. The highest BCUT2D eigenvalue weighted by molar-refractivity contribution is 6.04. The summed E-state index contributed by atoms with van der Waals surface area (Å²) in [4.78, 5) is 28.0. The fourth-order valence-electron chi connectivity index (χ4n) is 2.72. The average molecular weight is 375 g/mol. The van der Waals surface area contributed by atoms with E-state index in [0.29, 0.717) is 34.1 Å². The van der Waals surface area contributed by atoms with Crippen molar-refractivity contribution in [1.29, 1.82) is 0 Å². The smallest absolute Gasteiger partial charge is 0.255 e. The van der Waals surface area contributed by atoms with Crippen LogP contribution in [0.25, 0.3) is 0 Å². The van der Waals surface area contributed by atoms with Crippen molar-refractivity contribution in [2.75, 3.05) is 17.4 Å². The number of hydrogen-bond acceptors (Lipinski definition) is 6. The van der Waals surface area contributed by atoms with Gasteiger partial charge < -0.3 is 20.1 Å². The van der Waals surface area contributed by atoms with Crippen molar-refractivity contribution in [2.45, 2.75) is 6.92 Å². The number of pyridine rings is 1. The molecule has 0 spiro atoms. The first kappa shape index (κ1) is 17.5. The molecule has 4 rings (SSSR count). The van der Waals surface area contributed by atoms with E-state index in [-0.39, 0.29) is 18.5 Å². The largest absolute Gasteiger partial charge is 0.454 e. The number of amides is 1. The molecule has 0 saturated carbocycles. The number of aromatic nitrogens is 1. The number of nitrogens with one attached hydrogen (secondary N) is 2. The molecule has 0 saturated heterocycles. The van der Waals surface area contributed by atoms with Gasteiger partial charge in [0, 0.05) is 16.8 Å². The number of anilines is 3. The number of carbonyl (C=O) groups is 2. The molecule has 0 bridgehead atoms. The van der Waals surface area contributed by atoms with Crippen LogP contribution < -0.4 is 20.1 Å². The molecule has 28 heavy (non-hydrogen) atoms. The molecule has 1 aliphatic rings. The van der Waals surface area contributed by atoms with Crippen LogP contribution in [0.15, 0.2) is 60.8 Å². The predicted molar refractivity (Wildman–Crippen MR) is 104 cm³/mol. The minimum Gasteiger partial charge on any atom is -0.454 e. The Morgan fingerprint density at radius 3 is 2.32 bits per heavy atom. The highest BCUT2D eigenvalue weighted by atomic mass is 16.7. The van der Waals surface area contributed by atoms with Crippen LogP contribution in [-0.2, 0) is 0 Å². The Labute approximate surface area is 161 Å². The van der Waals surface area contributed by atoms with Crippen LogP contribution in [0.5, 0.6) is 11.5 Å². The van der Waals surface area contributed by atoms with Gasteiger partial charge in [-0.3, -0.25) is 9.59 Å². The van der Waals surface area contributed by atoms with Gasteiger partial charge in [-0.15, -0.1) is 0 Å². The third kappa shape index (κ3) is 3.78. The van der Waals surface area contributed by atoms with Crippen LogP contribution in [0.4, 0.5) is 17.2 Å². The second-order valence-electron chi connectivity index (χ2n) is 6.21. The summed E-state index contributed by atoms with van der Waals surface area (Å²) in [7, 11) is 0. The highest BCUT2D eigenvalue weighted by Crippen LogP contribution is 2.32. The fraction of sp³-hybridized carbons (Fsp3) is 0.0952. The van der Waals surface area contributed by atoms with Crippen molar-refractivity contribution >= 4 is 28.9 Å². The van der Waals surface area contributed by atoms with Gasteiger partial charge in [0.15, 0.2) is 17.3 Å². The summed E-state index contributed by atoms with van der Waals surface area (Å²) in [6.45, 7) is 1.69. The zero-order chi connectivity index (χ0) is 19.5. The van der Waals surface area contributed by atoms with Crippen LogP contribution in [0.1, 0.15) is 27.6 Å². The van der Waals surface area contributed by atoms with E-state index in [9.17, 15) is 9.59 Å². The molecular weight excluding hydrogens is 358 g/mol. The highest BCUT2D eigenvalue weighted by Gasteiger charge is 2.16. The molecule has 2 heterocycles. The summed E-state index contributed by atoms with van der Waals surface area (Å²) < 4.78 is 10.5. The van der Waals surface area contributed by atoms with E-state index < -0.39 is 0 Å². The SMILES string of the molecule is CC(=O)c1ccc(Nc2ccc(NC(=O)c3ccc4c(c3)OCO4)cn2)cc1. The molecule has 1 aliphatic heterocycles. The Kier molecular flexibility index (Phi) is 4.63. The van der Waals surface area contributed by atoms with Gasteiger partial charge in [-0.05, 0) is 61.5 Å². The van der Waals surface area contributed by atoms with Gasteiger partial charge in [0.25, 0.3) is 5.91 Å². The molecule has 2 N–H and O–H groups in total. The maximum Gasteiger partial charge on any atom is 0.255 e. The van der Waals surface area contributed by atoms with Crippen molar-refractivity contribution in [3.63, 3.8) is 0 Å². The molecular formula is C21H17N3O4. The predicted octanol–water partition coefficient (Wildman–Crippen LogP) is 4.01. The normalized spacial score (nSPS) is 11.8. The average Bonchev–Trinajstić information content (AvgIpc) is 3.17. The molecule has 7 nitrogen and oxygen atoms in total. The maximum atomic E-state index is 12.4. The maximum absolute atomic E-state index is 12.4. The number of nitrogens with zero attached hydrogens (tertiary/aromatic N) is 1. The molecule has 0 aliphatic carbocycles. The Balaban J connectivity index is 1.40. The number of carbonyl (C=O) groups excluding carboxylic acids is 2. The molecule has 0 radical (unpaired) electrons. The zero-order valence-corrected chi connectivity index (χ0v) is 15.1. The summed E-state index contributed by atoms with van der Waals surface area (Å²) in [5.74, 6) is 1.57. The van der Waals surface area contributed by atoms with E-state index in [1.165, 1.54) is 6.92 Å². The Morgan fingerprint density at radius 1 is 0.893 bits per heavy atom. The van der Waals surface area contributed by atoms with Crippen molar-refractivity contribution < 1.29 is 19.1 Å². The Hall–Kier alpha value is -3.87. The number of hydrogen-bond donors (Lipinski definition) is 2. The third-order valence-corrected chi connectivity index (χ3v) is 4.22. The van der Waals surface area contributed by atoms with Crippen molar-refractivity contribution in [2.24, 2.45) is 0 Å². The van der Waals surface area contributed by atoms with Gasteiger partial charge in [-0.25, -0.2) is 4.98 Å². The fourth-order valence-corrected chi connectivity index (χ4v) is 2.72. The van der Waals surface area contributed by atoms with Crippen LogP contribution in [0, 0.1) is 0 Å². The second kappa shape index (κ2) is 7.40. The lowest BCUT2D eigenvalue weighted by Gasteiger charge is -2.09. The van der Waals surface area contributed by atoms with Crippen LogP contribution in [-0.4, -0.2) is 23.5 Å². The molecule has 140 valence electrons. The van der Waals surface area contributed by atoms with E-state index in [1.807, 2.05) is 12.1 Å². The molecule has 1 amide bonds. The van der Waals surface area contributed by atoms with E-state index >= 15 is 0 Å². The number of benzene rings is 2. The second-order valence-corrected chi connectivity index (χ2v) is 6.21. The van der Waals surface area contributed by atoms with E-state index in [4.69, 9.17) is 9.47 Å². The molecule has 3 aromatic rings. The Morgan fingerprint density at radius 2 is 1.61 bits per heavy atom. The number of Topliss-reactive ketones (excluding diaryl/α,β-unsaturated/α-hetero) is 1. The lowest BCUT2D eigenvalue weighted by atomic mass is 10.1. The summed E-state index contributed by atoms with van der Waals surface area (Å²) in [5.41, 5.74) is 2.51. The van der Waals surface area contributed by atoms with E-state index in [0.717, 1.165) is 5.69 Å². The molecule has 0 atom stereocenters.